The van der Waals surface area contributed by atoms with Gasteiger partial charge in [0.25, 0.3) is 0 Å². The topological polar surface area (TPSA) is 278 Å². The van der Waals surface area contributed by atoms with Crippen LogP contribution in [0.4, 0.5) is 0 Å². The first-order valence-electron chi connectivity index (χ1n) is 8.79. The number of aliphatic carboxylic acids is 1. The van der Waals surface area contributed by atoms with Crippen LogP contribution in [-0.2, 0) is 24.0 Å². The first kappa shape index (κ1) is 26.5. The van der Waals surface area contributed by atoms with E-state index in [9.17, 15) is 34.2 Å². The van der Waals surface area contributed by atoms with Crippen LogP contribution in [0.15, 0.2) is 4.99 Å². The summed E-state index contributed by atoms with van der Waals surface area (Å²) < 4.78 is 0. The van der Waals surface area contributed by atoms with Crippen molar-refractivity contribution in [3.8, 4) is 0 Å². The first-order chi connectivity index (χ1) is 14.0. The number of aliphatic hydroxyl groups excluding tert-OH is 1. The number of nitrogens with two attached hydrogens (primary N) is 4. The highest BCUT2D eigenvalue weighted by molar-refractivity contribution is 5.95. The number of carbonyl (C=O) groups is 5. The normalized spacial score (nSPS) is 13.3. The number of carbonyl (C=O) groups excluding carboxylic acids is 4. The minimum Gasteiger partial charge on any atom is -0.480 e. The van der Waals surface area contributed by atoms with Crippen LogP contribution in [0.25, 0.3) is 0 Å². The number of nitrogens with zero attached hydrogens (tertiary/aromatic N) is 1. The van der Waals surface area contributed by atoms with Gasteiger partial charge >= 0.3 is 5.97 Å². The Bertz CT molecular complexity index is 665. The number of aliphatic imine (C=N–C) groups is 1. The van der Waals surface area contributed by atoms with E-state index >= 15 is 0 Å². The SMILES string of the molecule is NCC(=O)NC(CC(N)=O)C(=O)NC(CO)C(=O)NC(CCCN=C(N)N)C(=O)O. The monoisotopic (exact) mass is 432 g/mol. The van der Waals surface area contributed by atoms with Gasteiger partial charge in [0.1, 0.15) is 18.1 Å². The third-order valence-corrected chi connectivity index (χ3v) is 3.62. The predicted molar refractivity (Wildman–Crippen MR) is 103 cm³/mol. The molecule has 15 nitrogen and oxygen atoms in total. The molecule has 15 heteroatoms. The van der Waals surface area contributed by atoms with E-state index in [-0.39, 0.29) is 25.3 Å². The Morgan fingerprint density at radius 3 is 1.93 bits per heavy atom. The molecule has 0 aliphatic carbocycles. The minimum absolute atomic E-state index is 0.0270. The van der Waals surface area contributed by atoms with Crippen molar-refractivity contribution >= 4 is 35.6 Å². The van der Waals surface area contributed by atoms with Crippen LogP contribution >= 0.6 is 0 Å². The van der Waals surface area contributed by atoms with Crippen molar-refractivity contribution in [2.45, 2.75) is 37.4 Å². The molecule has 0 heterocycles. The zero-order chi connectivity index (χ0) is 23.3. The highest BCUT2D eigenvalue weighted by atomic mass is 16.4. The number of carboxylic acids is 1. The van der Waals surface area contributed by atoms with E-state index in [4.69, 9.17) is 22.9 Å². The van der Waals surface area contributed by atoms with Gasteiger partial charge in [-0.1, -0.05) is 0 Å². The molecular weight excluding hydrogens is 404 g/mol. The largest absolute Gasteiger partial charge is 0.480 e. The fourth-order valence-corrected chi connectivity index (χ4v) is 2.16. The molecule has 0 radical (unpaired) electrons. The molecule has 0 aromatic rings. The molecule has 0 rings (SSSR count). The van der Waals surface area contributed by atoms with Gasteiger partial charge in [0, 0.05) is 6.54 Å². The van der Waals surface area contributed by atoms with Crippen LogP contribution in [0.1, 0.15) is 19.3 Å². The van der Waals surface area contributed by atoms with Gasteiger partial charge in [-0.25, -0.2) is 4.79 Å². The average Bonchev–Trinajstić information content (AvgIpc) is 2.66. The Balaban J connectivity index is 5.04. The van der Waals surface area contributed by atoms with Gasteiger partial charge < -0.3 is 49.1 Å². The van der Waals surface area contributed by atoms with Crippen LogP contribution < -0.4 is 38.9 Å². The number of carboxylic acid groups (broad SMARTS) is 1. The number of rotatable bonds is 14. The third-order valence-electron chi connectivity index (χ3n) is 3.62. The van der Waals surface area contributed by atoms with Gasteiger partial charge in [0.15, 0.2) is 5.96 Å². The average molecular weight is 432 g/mol. The van der Waals surface area contributed by atoms with Crippen molar-refractivity contribution in [3.63, 3.8) is 0 Å². The van der Waals surface area contributed by atoms with E-state index in [1.807, 2.05) is 0 Å². The van der Waals surface area contributed by atoms with E-state index in [2.05, 4.69) is 20.9 Å². The lowest BCUT2D eigenvalue weighted by Crippen LogP contribution is -2.57. The van der Waals surface area contributed by atoms with Crippen LogP contribution in [0, 0.1) is 0 Å². The molecule has 30 heavy (non-hydrogen) atoms. The lowest BCUT2D eigenvalue weighted by Gasteiger charge is -2.22. The van der Waals surface area contributed by atoms with Gasteiger partial charge in [0.05, 0.1) is 19.6 Å². The summed E-state index contributed by atoms with van der Waals surface area (Å²) in [6.07, 6.45) is -0.377. The van der Waals surface area contributed by atoms with E-state index in [0.717, 1.165) is 0 Å². The molecule has 0 saturated carbocycles. The van der Waals surface area contributed by atoms with E-state index < -0.39 is 67.3 Å². The second-order valence-electron chi connectivity index (χ2n) is 6.09. The maximum Gasteiger partial charge on any atom is 0.326 e. The van der Waals surface area contributed by atoms with Gasteiger partial charge in [-0.05, 0) is 12.8 Å². The summed E-state index contributed by atoms with van der Waals surface area (Å²) in [6, 6.07) is -4.33. The molecule has 0 aliphatic rings. The lowest BCUT2D eigenvalue weighted by atomic mass is 10.1. The molecule has 13 N–H and O–H groups in total. The Morgan fingerprint density at radius 1 is 0.900 bits per heavy atom. The molecule has 3 unspecified atom stereocenters. The second kappa shape index (κ2) is 13.7. The zero-order valence-electron chi connectivity index (χ0n) is 16.2. The number of hydrogen-bond acceptors (Lipinski definition) is 8. The van der Waals surface area contributed by atoms with E-state index in [1.165, 1.54) is 0 Å². The van der Waals surface area contributed by atoms with Crippen molar-refractivity contribution in [1.82, 2.24) is 16.0 Å². The van der Waals surface area contributed by atoms with Crippen molar-refractivity contribution in [2.75, 3.05) is 19.7 Å². The van der Waals surface area contributed by atoms with Crippen LogP contribution in [0.2, 0.25) is 0 Å². The maximum atomic E-state index is 12.3. The summed E-state index contributed by atoms with van der Waals surface area (Å²) in [7, 11) is 0. The van der Waals surface area contributed by atoms with Crippen LogP contribution in [-0.4, -0.2) is 83.6 Å². The molecule has 0 fully saturated rings. The van der Waals surface area contributed by atoms with E-state index in [1.54, 1.807) is 0 Å². The number of primary amides is 1. The standard InChI is InChI=1S/C15H28N8O7/c16-5-11(26)21-8(4-10(17)25)12(27)23-9(6-24)13(28)22-7(14(29)30)2-1-3-20-15(18)19/h7-9,24H,1-6,16H2,(H2,17,25)(H,21,26)(H,22,28)(H,23,27)(H,29,30)(H4,18,19,20). The third kappa shape index (κ3) is 10.8. The summed E-state index contributed by atoms with van der Waals surface area (Å²) >= 11 is 0. The van der Waals surface area contributed by atoms with Crippen molar-refractivity contribution in [1.29, 1.82) is 0 Å². The summed E-state index contributed by atoms with van der Waals surface area (Å²) in [5.41, 5.74) is 20.5. The van der Waals surface area contributed by atoms with E-state index in [0.29, 0.717) is 0 Å². The number of amides is 4. The Hall–Kier alpha value is -3.46. The predicted octanol–water partition coefficient (Wildman–Crippen LogP) is -5.59. The number of nitrogens with one attached hydrogen (secondary N) is 3. The van der Waals surface area contributed by atoms with Crippen LogP contribution in [0.3, 0.4) is 0 Å². The summed E-state index contributed by atoms with van der Waals surface area (Å²) in [5.74, 6) is -5.18. The molecule has 0 spiro atoms. The van der Waals surface area contributed by atoms with Gasteiger partial charge in [-0.3, -0.25) is 24.2 Å². The second-order valence-corrected chi connectivity index (χ2v) is 6.09. The lowest BCUT2D eigenvalue weighted by molar-refractivity contribution is -0.143. The fourth-order valence-electron chi connectivity index (χ4n) is 2.16. The summed E-state index contributed by atoms with van der Waals surface area (Å²) in [6.45, 7) is -1.21. The number of hydrogen-bond donors (Lipinski definition) is 9. The fraction of sp³-hybridized carbons (Fsp3) is 0.600. The van der Waals surface area contributed by atoms with Crippen LogP contribution in [0.5, 0.6) is 0 Å². The Kier molecular flexibility index (Phi) is 12.1. The smallest absolute Gasteiger partial charge is 0.326 e. The highest BCUT2D eigenvalue weighted by Gasteiger charge is 2.29. The number of guanidine groups is 1. The minimum atomic E-state index is -1.55. The summed E-state index contributed by atoms with van der Waals surface area (Å²) in [4.78, 5) is 62.1. The van der Waals surface area contributed by atoms with Crippen molar-refractivity contribution in [2.24, 2.45) is 27.9 Å². The molecule has 0 aromatic carbocycles. The molecule has 0 saturated heterocycles. The molecule has 3 atom stereocenters. The highest BCUT2D eigenvalue weighted by Crippen LogP contribution is 2.01. The molecule has 170 valence electrons. The molecule has 0 aliphatic heterocycles. The van der Waals surface area contributed by atoms with Gasteiger partial charge in [-0.2, -0.15) is 0 Å². The molecule has 0 aromatic heterocycles. The van der Waals surface area contributed by atoms with Crippen molar-refractivity contribution < 1.29 is 34.2 Å². The molecule has 4 amide bonds. The molecule has 0 bridgehead atoms. The van der Waals surface area contributed by atoms with Crippen molar-refractivity contribution in [3.05, 3.63) is 0 Å². The first-order valence-corrected chi connectivity index (χ1v) is 8.79. The number of aliphatic hydroxyl groups is 1. The Labute approximate surface area is 171 Å². The molecular formula is C15H28N8O7. The quantitative estimate of drug-likeness (QED) is 0.0712. The Morgan fingerprint density at radius 2 is 1.47 bits per heavy atom. The summed E-state index contributed by atoms with van der Waals surface area (Å²) in [5, 5.41) is 25.1. The zero-order valence-corrected chi connectivity index (χ0v) is 16.2. The van der Waals surface area contributed by atoms with Gasteiger partial charge in [0.2, 0.25) is 23.6 Å². The maximum absolute atomic E-state index is 12.3. The van der Waals surface area contributed by atoms with Gasteiger partial charge in [-0.15, -0.1) is 0 Å².